The molecule has 4 aromatic rings. The van der Waals surface area contributed by atoms with Crippen molar-refractivity contribution in [3.63, 3.8) is 0 Å². The van der Waals surface area contributed by atoms with Gasteiger partial charge in [0.15, 0.2) is 5.57 Å². The van der Waals surface area contributed by atoms with Crippen LogP contribution in [0.15, 0.2) is 107 Å². The molecule has 7 rings (SSSR count). The van der Waals surface area contributed by atoms with Crippen LogP contribution in [-0.2, 0) is 6.42 Å². The second kappa shape index (κ2) is 9.08. The summed E-state index contributed by atoms with van der Waals surface area (Å²) in [4.78, 5) is 0. The molecular formula is C33H22N6. The van der Waals surface area contributed by atoms with Gasteiger partial charge in [-0.1, -0.05) is 84.9 Å². The highest BCUT2D eigenvalue weighted by molar-refractivity contribution is 5.84. The second-order valence-electron chi connectivity index (χ2n) is 10.1. The van der Waals surface area contributed by atoms with E-state index in [9.17, 15) is 21.0 Å². The van der Waals surface area contributed by atoms with Gasteiger partial charge >= 0.3 is 0 Å². The zero-order valence-electron chi connectivity index (χ0n) is 20.9. The van der Waals surface area contributed by atoms with Gasteiger partial charge in [-0.3, -0.25) is 0 Å². The van der Waals surface area contributed by atoms with E-state index in [0.29, 0.717) is 6.42 Å². The Morgan fingerprint density at radius 3 is 2.03 bits per heavy atom. The highest BCUT2D eigenvalue weighted by Gasteiger charge is 2.61. The third kappa shape index (κ3) is 3.44. The fourth-order valence-corrected chi connectivity index (χ4v) is 6.49. The third-order valence-corrected chi connectivity index (χ3v) is 8.27. The predicted octanol–water partition coefficient (Wildman–Crippen LogP) is 5.47. The van der Waals surface area contributed by atoms with Crippen molar-refractivity contribution in [3.8, 4) is 24.3 Å². The van der Waals surface area contributed by atoms with Gasteiger partial charge in [0.25, 0.3) is 0 Å². The molecule has 3 aliphatic rings. The van der Waals surface area contributed by atoms with Crippen LogP contribution < -0.4 is 11.1 Å². The van der Waals surface area contributed by atoms with E-state index in [1.807, 2.05) is 78.9 Å². The Morgan fingerprint density at radius 2 is 1.41 bits per heavy atom. The Hall–Kier alpha value is -5.56. The number of nitrogens with zero attached hydrogens (tertiary/aromatic N) is 4. The molecule has 2 bridgehead atoms. The van der Waals surface area contributed by atoms with Gasteiger partial charge in [0.1, 0.15) is 17.6 Å². The number of rotatable bonds is 3. The number of benzene rings is 4. The lowest BCUT2D eigenvalue weighted by molar-refractivity contribution is 0.171. The average molecular weight is 503 g/mol. The summed E-state index contributed by atoms with van der Waals surface area (Å²) in [7, 11) is 0. The van der Waals surface area contributed by atoms with E-state index in [1.54, 1.807) is 0 Å². The molecule has 184 valence electrons. The summed E-state index contributed by atoms with van der Waals surface area (Å²) in [5, 5.41) is 48.3. The molecule has 6 heteroatoms. The summed E-state index contributed by atoms with van der Waals surface area (Å²) in [6.07, 6.45) is 0.459. The summed E-state index contributed by atoms with van der Waals surface area (Å²) in [6.45, 7) is 0. The van der Waals surface area contributed by atoms with Crippen molar-refractivity contribution in [1.29, 1.82) is 21.0 Å². The first kappa shape index (κ1) is 23.8. The van der Waals surface area contributed by atoms with Gasteiger partial charge in [-0.05, 0) is 39.1 Å². The summed E-state index contributed by atoms with van der Waals surface area (Å²) in [6, 6.07) is 36.5. The normalized spacial score (nSPS) is 23.4. The molecule has 6 nitrogen and oxygen atoms in total. The zero-order valence-corrected chi connectivity index (χ0v) is 20.9. The molecule has 4 atom stereocenters. The maximum Gasteiger partial charge on any atom is 0.150 e. The van der Waals surface area contributed by atoms with Crippen LogP contribution in [0, 0.1) is 56.7 Å². The number of nitriles is 4. The van der Waals surface area contributed by atoms with Crippen LogP contribution in [-0.4, -0.2) is 6.04 Å². The lowest BCUT2D eigenvalue weighted by Gasteiger charge is -2.55. The van der Waals surface area contributed by atoms with Crippen molar-refractivity contribution in [2.45, 2.75) is 18.4 Å². The molecule has 0 spiro atoms. The third-order valence-electron chi connectivity index (χ3n) is 8.27. The lowest BCUT2D eigenvalue weighted by Crippen LogP contribution is -2.62. The summed E-state index contributed by atoms with van der Waals surface area (Å²) < 4.78 is 0. The van der Waals surface area contributed by atoms with Crippen molar-refractivity contribution in [3.05, 3.63) is 119 Å². The minimum Gasteiger partial charge on any atom is -0.400 e. The largest absolute Gasteiger partial charge is 0.400 e. The highest BCUT2D eigenvalue weighted by Crippen LogP contribution is 2.58. The SMILES string of the molecule is N#CC(C#N)=C1NC2C(C#N)=C(N)C1(C#N)C(Cc1ccc3ccccc3c1)C2c1ccc2ccccc2c1. The Kier molecular flexibility index (Phi) is 5.54. The number of hydrogen-bond acceptors (Lipinski definition) is 6. The van der Waals surface area contributed by atoms with Crippen LogP contribution in [0.5, 0.6) is 0 Å². The van der Waals surface area contributed by atoms with E-state index in [-0.39, 0.29) is 28.5 Å². The Labute approximate surface area is 226 Å². The molecule has 1 aliphatic carbocycles. The van der Waals surface area contributed by atoms with Crippen LogP contribution in [0.2, 0.25) is 0 Å². The van der Waals surface area contributed by atoms with Gasteiger partial charge in [-0.15, -0.1) is 0 Å². The number of nitrogens with two attached hydrogens (primary N) is 1. The smallest absolute Gasteiger partial charge is 0.150 e. The molecule has 0 amide bonds. The molecule has 0 radical (unpaired) electrons. The van der Waals surface area contributed by atoms with E-state index in [2.05, 4.69) is 35.7 Å². The van der Waals surface area contributed by atoms with Crippen molar-refractivity contribution in [2.75, 3.05) is 0 Å². The number of piperidine rings is 1. The highest BCUT2D eigenvalue weighted by atomic mass is 15.0. The molecule has 4 aromatic carbocycles. The van der Waals surface area contributed by atoms with Crippen molar-refractivity contribution < 1.29 is 0 Å². The number of fused-ring (bicyclic) bond motifs is 4. The van der Waals surface area contributed by atoms with Crippen molar-refractivity contribution in [1.82, 2.24) is 5.32 Å². The quantitative estimate of drug-likeness (QED) is 0.357. The van der Waals surface area contributed by atoms with Gasteiger partial charge in [0.2, 0.25) is 0 Å². The van der Waals surface area contributed by atoms with Gasteiger partial charge in [-0.25, -0.2) is 0 Å². The first-order valence-electron chi connectivity index (χ1n) is 12.6. The van der Waals surface area contributed by atoms with Crippen molar-refractivity contribution >= 4 is 21.5 Å². The van der Waals surface area contributed by atoms with E-state index in [1.165, 1.54) is 0 Å². The minimum atomic E-state index is -1.55. The van der Waals surface area contributed by atoms with Gasteiger partial charge < -0.3 is 11.1 Å². The molecule has 0 saturated carbocycles. The van der Waals surface area contributed by atoms with Crippen LogP contribution in [0.1, 0.15) is 17.0 Å². The molecule has 0 aromatic heterocycles. The molecule has 2 aliphatic heterocycles. The maximum atomic E-state index is 10.9. The Morgan fingerprint density at radius 1 is 0.795 bits per heavy atom. The van der Waals surface area contributed by atoms with E-state index >= 15 is 0 Å². The summed E-state index contributed by atoms with van der Waals surface area (Å²) in [5.41, 5.74) is 7.49. The van der Waals surface area contributed by atoms with Crippen LogP contribution >= 0.6 is 0 Å². The minimum absolute atomic E-state index is 0.122. The topological polar surface area (TPSA) is 133 Å². The lowest BCUT2D eigenvalue weighted by atomic mass is 9.52. The molecule has 1 saturated heterocycles. The van der Waals surface area contributed by atoms with Crippen LogP contribution in [0.4, 0.5) is 0 Å². The van der Waals surface area contributed by atoms with Gasteiger partial charge in [-0.2, -0.15) is 21.0 Å². The standard InChI is InChI=1S/C33H22N6/c34-16-26(17-35)32-33(19-37)28(14-20-9-10-21-5-1-3-7-23(21)13-20)29(30(39-32)27(18-36)31(33)38)25-12-11-22-6-2-4-8-24(22)15-25/h1-13,15,28-30,39H,14,38H2. The van der Waals surface area contributed by atoms with Crippen molar-refractivity contribution in [2.24, 2.45) is 17.1 Å². The molecule has 4 unspecified atom stereocenters. The number of allylic oxidation sites excluding steroid dienone is 1. The Balaban J connectivity index is 1.62. The summed E-state index contributed by atoms with van der Waals surface area (Å²) >= 11 is 0. The monoisotopic (exact) mass is 502 g/mol. The average Bonchev–Trinajstić information content (AvgIpc) is 2.98. The molecular weight excluding hydrogens is 480 g/mol. The molecule has 1 fully saturated rings. The van der Waals surface area contributed by atoms with E-state index in [0.717, 1.165) is 32.7 Å². The summed E-state index contributed by atoms with van der Waals surface area (Å²) in [5.74, 6) is -0.759. The fraction of sp³-hybridized carbons (Fsp3) is 0.152. The van der Waals surface area contributed by atoms with Crippen LogP contribution in [0.25, 0.3) is 21.5 Å². The fourth-order valence-electron chi connectivity index (χ4n) is 6.49. The first-order chi connectivity index (χ1) is 19.0. The van der Waals surface area contributed by atoms with E-state index in [4.69, 9.17) is 5.73 Å². The van der Waals surface area contributed by atoms with Crippen LogP contribution in [0.3, 0.4) is 0 Å². The zero-order chi connectivity index (χ0) is 27.1. The predicted molar refractivity (Wildman–Crippen MR) is 148 cm³/mol. The number of hydrogen-bond donors (Lipinski definition) is 2. The van der Waals surface area contributed by atoms with E-state index < -0.39 is 17.4 Å². The first-order valence-corrected chi connectivity index (χ1v) is 12.6. The maximum absolute atomic E-state index is 10.9. The molecule has 3 N–H and O–H groups in total. The molecule has 2 heterocycles. The second-order valence-corrected chi connectivity index (χ2v) is 10.1. The van der Waals surface area contributed by atoms with Gasteiger partial charge in [0.05, 0.1) is 35.1 Å². The van der Waals surface area contributed by atoms with Gasteiger partial charge in [0, 0.05) is 11.8 Å². The number of nitrogens with one attached hydrogen (secondary N) is 1. The Bertz CT molecular complexity index is 1890. The molecule has 39 heavy (non-hydrogen) atoms.